The van der Waals surface area contributed by atoms with Crippen LogP contribution < -0.4 is 0 Å². The lowest BCUT2D eigenvalue weighted by Gasteiger charge is -2.37. The van der Waals surface area contributed by atoms with Gasteiger partial charge in [-0.2, -0.15) is 10.2 Å². The van der Waals surface area contributed by atoms with Crippen molar-refractivity contribution in [2.75, 3.05) is 19.8 Å². The van der Waals surface area contributed by atoms with E-state index in [4.69, 9.17) is 9.47 Å². The smallest absolute Gasteiger partial charge is 0.255 e. The Labute approximate surface area is 150 Å². The molecule has 2 aromatic heterocycles. The second-order valence-electron chi connectivity index (χ2n) is 6.54. The van der Waals surface area contributed by atoms with Crippen molar-refractivity contribution >= 4 is 17.2 Å². The van der Waals surface area contributed by atoms with E-state index in [9.17, 15) is 4.79 Å². The zero-order valence-corrected chi connectivity index (χ0v) is 14.7. The Balaban J connectivity index is 1.36. The topological polar surface area (TPSA) is 64.6 Å². The van der Waals surface area contributed by atoms with Gasteiger partial charge in [-0.1, -0.05) is 6.07 Å². The third kappa shape index (κ3) is 3.73. The molecule has 1 amide bonds. The van der Waals surface area contributed by atoms with Crippen LogP contribution in [-0.4, -0.2) is 52.9 Å². The van der Waals surface area contributed by atoms with Crippen LogP contribution in [-0.2, 0) is 16.1 Å². The number of fused-ring (bicyclic) bond motifs is 1. The van der Waals surface area contributed by atoms with E-state index in [0.29, 0.717) is 37.8 Å². The molecule has 3 atom stereocenters. The number of carbonyl (C=O) groups excluding carboxylic acids is 1. The highest BCUT2D eigenvalue weighted by Gasteiger charge is 2.43. The predicted molar refractivity (Wildman–Crippen MR) is 93.3 cm³/mol. The van der Waals surface area contributed by atoms with Gasteiger partial charge in [-0.3, -0.25) is 4.79 Å². The molecule has 0 N–H and O–H groups in total. The van der Waals surface area contributed by atoms with Crippen LogP contribution in [0.5, 0.6) is 0 Å². The van der Waals surface area contributed by atoms with Gasteiger partial charge in [0.1, 0.15) is 0 Å². The number of morpholine rings is 1. The summed E-state index contributed by atoms with van der Waals surface area (Å²) in [5.74, 6) is 0.451. The number of amides is 1. The maximum absolute atomic E-state index is 12.8. The highest BCUT2D eigenvalue weighted by atomic mass is 32.1. The van der Waals surface area contributed by atoms with E-state index in [1.54, 1.807) is 23.6 Å². The molecule has 0 radical (unpaired) electrons. The number of nitrogens with zero attached hydrogens (tertiary/aromatic N) is 3. The van der Waals surface area contributed by atoms with Gasteiger partial charge in [-0.05, 0) is 36.3 Å². The van der Waals surface area contributed by atoms with Crippen molar-refractivity contribution in [3.05, 3.63) is 46.4 Å². The first-order valence-corrected chi connectivity index (χ1v) is 9.48. The normalized spacial score (nSPS) is 25.8. The Hall–Kier alpha value is -1.83. The van der Waals surface area contributed by atoms with E-state index in [1.165, 1.54) is 11.1 Å². The fourth-order valence-electron chi connectivity index (χ4n) is 3.74. The van der Waals surface area contributed by atoms with E-state index >= 15 is 0 Å². The summed E-state index contributed by atoms with van der Waals surface area (Å²) >= 11 is 1.71. The first-order chi connectivity index (χ1) is 12.3. The monoisotopic (exact) mass is 359 g/mol. The van der Waals surface area contributed by atoms with E-state index in [1.807, 2.05) is 11.0 Å². The molecule has 2 fully saturated rings. The number of hydrogen-bond acceptors (Lipinski definition) is 6. The van der Waals surface area contributed by atoms with Crippen LogP contribution in [0, 0.1) is 5.92 Å². The number of thiophene rings is 1. The highest BCUT2D eigenvalue weighted by molar-refractivity contribution is 7.09. The van der Waals surface area contributed by atoms with Crippen molar-refractivity contribution in [3.63, 3.8) is 0 Å². The van der Waals surface area contributed by atoms with Crippen LogP contribution in [0.15, 0.2) is 36.0 Å². The van der Waals surface area contributed by atoms with Crippen molar-refractivity contribution < 1.29 is 14.3 Å². The largest absolute Gasteiger partial charge is 0.376 e. The number of carbonyl (C=O) groups is 1. The third-order valence-corrected chi connectivity index (χ3v) is 5.75. The quantitative estimate of drug-likeness (QED) is 0.820. The maximum Gasteiger partial charge on any atom is 0.255 e. The molecule has 1 aliphatic carbocycles. The molecule has 0 bridgehead atoms. The van der Waals surface area contributed by atoms with E-state index < -0.39 is 0 Å². The molecule has 3 unspecified atom stereocenters. The number of aromatic nitrogens is 2. The zero-order chi connectivity index (χ0) is 17.1. The predicted octanol–water partition coefficient (Wildman–Crippen LogP) is 2.37. The summed E-state index contributed by atoms with van der Waals surface area (Å²) in [6, 6.07) is 5.98. The number of rotatable bonds is 5. The minimum atomic E-state index is 0.0216. The average Bonchev–Trinajstić information content (AvgIpc) is 3.31. The first kappa shape index (κ1) is 16.6. The second-order valence-corrected chi connectivity index (χ2v) is 7.57. The van der Waals surface area contributed by atoms with Gasteiger partial charge in [0.25, 0.3) is 5.91 Å². The minimum Gasteiger partial charge on any atom is -0.376 e. The van der Waals surface area contributed by atoms with Gasteiger partial charge in [0, 0.05) is 11.4 Å². The summed E-state index contributed by atoms with van der Waals surface area (Å²) in [4.78, 5) is 16.0. The summed E-state index contributed by atoms with van der Waals surface area (Å²) in [7, 11) is 0. The summed E-state index contributed by atoms with van der Waals surface area (Å²) in [5.41, 5.74) is 0.591. The van der Waals surface area contributed by atoms with Crippen molar-refractivity contribution in [2.24, 2.45) is 5.92 Å². The molecule has 2 aromatic rings. The lowest BCUT2D eigenvalue weighted by Crippen LogP contribution is -2.51. The Morgan fingerprint density at radius 3 is 3.12 bits per heavy atom. The van der Waals surface area contributed by atoms with Crippen molar-refractivity contribution in [3.8, 4) is 0 Å². The Kier molecular flexibility index (Phi) is 5.05. The van der Waals surface area contributed by atoms with Gasteiger partial charge >= 0.3 is 0 Å². The molecule has 7 heteroatoms. The van der Waals surface area contributed by atoms with Gasteiger partial charge in [0.15, 0.2) is 0 Å². The van der Waals surface area contributed by atoms with E-state index in [2.05, 4.69) is 21.6 Å². The molecule has 1 aliphatic heterocycles. The minimum absolute atomic E-state index is 0.0216. The Morgan fingerprint density at radius 1 is 1.36 bits per heavy atom. The molecule has 1 saturated heterocycles. The van der Waals surface area contributed by atoms with Crippen LogP contribution in [0.3, 0.4) is 0 Å². The van der Waals surface area contributed by atoms with Gasteiger partial charge in [0.2, 0.25) is 0 Å². The van der Waals surface area contributed by atoms with E-state index in [-0.39, 0.29) is 18.1 Å². The molecular formula is C18H21N3O3S. The van der Waals surface area contributed by atoms with Gasteiger partial charge < -0.3 is 14.4 Å². The summed E-state index contributed by atoms with van der Waals surface area (Å²) in [6.07, 6.45) is 5.08. The number of hydrogen-bond donors (Lipinski definition) is 0. The van der Waals surface area contributed by atoms with Crippen LogP contribution >= 0.6 is 11.3 Å². The third-order valence-electron chi connectivity index (χ3n) is 4.90. The Morgan fingerprint density at radius 2 is 2.32 bits per heavy atom. The fourth-order valence-corrected chi connectivity index (χ4v) is 4.38. The van der Waals surface area contributed by atoms with Gasteiger partial charge in [0.05, 0.1) is 49.9 Å². The molecule has 4 rings (SSSR count). The van der Waals surface area contributed by atoms with Crippen molar-refractivity contribution in [1.29, 1.82) is 0 Å². The van der Waals surface area contributed by atoms with Crippen LogP contribution in [0.25, 0.3) is 0 Å². The summed E-state index contributed by atoms with van der Waals surface area (Å²) < 4.78 is 11.8. The lowest BCUT2D eigenvalue weighted by atomic mass is 10.1. The molecule has 132 valence electrons. The van der Waals surface area contributed by atoms with Crippen molar-refractivity contribution in [2.45, 2.75) is 31.6 Å². The molecule has 0 spiro atoms. The molecule has 2 aliphatic rings. The lowest BCUT2D eigenvalue weighted by molar-refractivity contribution is -0.0450. The fraction of sp³-hybridized carbons (Fsp3) is 0.500. The summed E-state index contributed by atoms with van der Waals surface area (Å²) in [6.45, 7) is 2.60. The van der Waals surface area contributed by atoms with Gasteiger partial charge in [-0.15, -0.1) is 11.3 Å². The first-order valence-electron chi connectivity index (χ1n) is 8.60. The molecule has 6 nitrogen and oxygen atoms in total. The standard InChI is InChI=1S/C18H21N3O3S/c22-18(14-3-4-19-20-10-14)21-5-6-24-17-9-13(8-16(17)21)11-23-12-15-2-1-7-25-15/h1-4,7,10,13,16-17H,5-6,8-9,11-12H2. The molecule has 25 heavy (non-hydrogen) atoms. The van der Waals surface area contributed by atoms with Crippen LogP contribution in [0.4, 0.5) is 0 Å². The Bertz CT molecular complexity index is 695. The summed E-state index contributed by atoms with van der Waals surface area (Å²) in [5, 5.41) is 9.63. The average molecular weight is 359 g/mol. The molecular weight excluding hydrogens is 338 g/mol. The van der Waals surface area contributed by atoms with Crippen LogP contribution in [0.1, 0.15) is 28.1 Å². The maximum atomic E-state index is 12.8. The van der Waals surface area contributed by atoms with Gasteiger partial charge in [-0.25, -0.2) is 0 Å². The zero-order valence-electron chi connectivity index (χ0n) is 13.9. The number of ether oxygens (including phenoxy) is 2. The van der Waals surface area contributed by atoms with Crippen LogP contribution in [0.2, 0.25) is 0 Å². The second kappa shape index (κ2) is 7.59. The highest BCUT2D eigenvalue weighted by Crippen LogP contribution is 2.35. The molecule has 0 aromatic carbocycles. The molecule has 1 saturated carbocycles. The van der Waals surface area contributed by atoms with Crippen molar-refractivity contribution in [1.82, 2.24) is 15.1 Å². The molecule has 3 heterocycles. The SMILES string of the molecule is O=C(c1ccnnc1)N1CCOC2CC(COCc3cccs3)CC21. The van der Waals surface area contributed by atoms with E-state index in [0.717, 1.165) is 12.8 Å².